The minimum absolute atomic E-state index is 0.0324. The fourth-order valence-corrected chi connectivity index (χ4v) is 3.84. The minimum Gasteiger partial charge on any atom is -0.331 e. The molecule has 3 rings (SSSR count). The zero-order valence-electron chi connectivity index (χ0n) is 14.5. The molecule has 0 spiro atoms. The molecular formula is C19H25F3N2O. The molecule has 25 heavy (non-hydrogen) atoms. The fraction of sp³-hybridized carbons (Fsp3) is 0.632. The van der Waals surface area contributed by atoms with Crippen LogP contribution in [-0.4, -0.2) is 54.6 Å². The van der Waals surface area contributed by atoms with Crippen LogP contribution in [0.2, 0.25) is 0 Å². The van der Waals surface area contributed by atoms with Gasteiger partial charge in [-0.1, -0.05) is 30.3 Å². The van der Waals surface area contributed by atoms with Crippen molar-refractivity contribution >= 4 is 5.91 Å². The van der Waals surface area contributed by atoms with Gasteiger partial charge in [0.15, 0.2) is 0 Å². The molecule has 2 unspecified atom stereocenters. The zero-order valence-corrected chi connectivity index (χ0v) is 14.5. The second-order valence-electron chi connectivity index (χ2n) is 7.35. The number of hydrogen-bond acceptors (Lipinski definition) is 2. The van der Waals surface area contributed by atoms with Gasteiger partial charge in [-0.2, -0.15) is 13.2 Å². The fourth-order valence-electron chi connectivity index (χ4n) is 3.84. The number of piperidine rings is 1. The number of carbonyl (C=O) groups is 1. The quantitative estimate of drug-likeness (QED) is 0.806. The van der Waals surface area contributed by atoms with Crippen LogP contribution in [-0.2, 0) is 4.79 Å². The van der Waals surface area contributed by atoms with E-state index in [4.69, 9.17) is 0 Å². The summed E-state index contributed by atoms with van der Waals surface area (Å²) in [4.78, 5) is 15.3. The highest BCUT2D eigenvalue weighted by Gasteiger charge is 2.51. The average Bonchev–Trinajstić information content (AvgIpc) is 3.37. The highest BCUT2D eigenvalue weighted by Crippen LogP contribution is 2.46. The second kappa shape index (κ2) is 7.36. The molecule has 1 heterocycles. The molecule has 1 amide bonds. The average molecular weight is 354 g/mol. The number of likely N-dealkylation sites (tertiary alicyclic amines) is 1. The van der Waals surface area contributed by atoms with Crippen molar-refractivity contribution < 1.29 is 18.0 Å². The van der Waals surface area contributed by atoms with E-state index in [0.717, 1.165) is 36.4 Å². The van der Waals surface area contributed by atoms with Crippen molar-refractivity contribution in [2.45, 2.75) is 43.8 Å². The number of rotatable bonds is 5. The van der Waals surface area contributed by atoms with Gasteiger partial charge in [0.25, 0.3) is 0 Å². The lowest BCUT2D eigenvalue weighted by atomic mass is 9.93. The first kappa shape index (κ1) is 18.2. The van der Waals surface area contributed by atoms with Crippen molar-refractivity contribution in [3.63, 3.8) is 0 Å². The van der Waals surface area contributed by atoms with Gasteiger partial charge in [0.1, 0.15) is 0 Å². The first-order valence-electron chi connectivity index (χ1n) is 8.97. The number of amides is 1. The Balaban J connectivity index is 1.63. The van der Waals surface area contributed by atoms with Gasteiger partial charge in [0, 0.05) is 18.5 Å². The summed E-state index contributed by atoms with van der Waals surface area (Å²) in [7, 11) is 2.06. The number of carbonyl (C=O) groups excluding carboxylic acids is 1. The van der Waals surface area contributed by atoms with Gasteiger partial charge in [-0.05, 0) is 57.3 Å². The lowest BCUT2D eigenvalue weighted by molar-refractivity contribution is -0.186. The van der Waals surface area contributed by atoms with E-state index >= 15 is 0 Å². The van der Waals surface area contributed by atoms with Crippen LogP contribution >= 0.6 is 0 Å². The Morgan fingerprint density at radius 2 is 1.84 bits per heavy atom. The van der Waals surface area contributed by atoms with Crippen LogP contribution in [0.15, 0.2) is 30.3 Å². The first-order valence-corrected chi connectivity index (χ1v) is 8.97. The molecule has 1 aromatic carbocycles. The molecule has 2 fully saturated rings. The summed E-state index contributed by atoms with van der Waals surface area (Å²) in [5.74, 6) is -1.23. The van der Waals surface area contributed by atoms with Crippen LogP contribution in [0.25, 0.3) is 0 Å². The van der Waals surface area contributed by atoms with Gasteiger partial charge < -0.3 is 9.80 Å². The summed E-state index contributed by atoms with van der Waals surface area (Å²) < 4.78 is 39.1. The molecule has 3 nitrogen and oxygen atoms in total. The molecule has 0 N–H and O–H groups in total. The van der Waals surface area contributed by atoms with Crippen LogP contribution < -0.4 is 0 Å². The smallest absolute Gasteiger partial charge is 0.331 e. The summed E-state index contributed by atoms with van der Waals surface area (Å²) in [5, 5.41) is 0. The Morgan fingerprint density at radius 3 is 2.44 bits per heavy atom. The highest BCUT2D eigenvalue weighted by atomic mass is 19.4. The van der Waals surface area contributed by atoms with Gasteiger partial charge in [-0.25, -0.2) is 0 Å². The summed E-state index contributed by atoms with van der Waals surface area (Å²) in [6.45, 7) is 2.17. The topological polar surface area (TPSA) is 23.6 Å². The molecule has 2 atom stereocenters. The SMILES string of the molecule is CN1CCC(CCN(C(=O)C(F)(F)F)C2CC2c2ccccc2)CC1. The van der Waals surface area contributed by atoms with Crippen molar-refractivity contribution in [2.75, 3.05) is 26.7 Å². The molecule has 6 heteroatoms. The van der Waals surface area contributed by atoms with E-state index in [1.807, 2.05) is 30.3 Å². The number of benzene rings is 1. The van der Waals surface area contributed by atoms with Crippen LogP contribution in [0.1, 0.15) is 37.2 Å². The molecule has 138 valence electrons. The molecule has 1 aromatic rings. The van der Waals surface area contributed by atoms with E-state index in [9.17, 15) is 18.0 Å². The van der Waals surface area contributed by atoms with Gasteiger partial charge >= 0.3 is 12.1 Å². The van der Waals surface area contributed by atoms with E-state index in [1.165, 1.54) is 0 Å². The first-order chi connectivity index (χ1) is 11.9. The molecule has 2 aliphatic rings. The molecule has 0 bridgehead atoms. The molecule has 0 aromatic heterocycles. The van der Waals surface area contributed by atoms with E-state index < -0.39 is 12.1 Å². The van der Waals surface area contributed by atoms with Crippen molar-refractivity contribution in [3.8, 4) is 0 Å². The summed E-state index contributed by atoms with van der Waals surface area (Å²) in [6.07, 6.45) is -1.52. The Hall–Kier alpha value is -1.56. The predicted octanol–water partition coefficient (Wildman–Crippen LogP) is 3.67. The third-order valence-corrected chi connectivity index (χ3v) is 5.50. The maximum Gasteiger partial charge on any atom is 0.471 e. The third-order valence-electron chi connectivity index (χ3n) is 5.50. The van der Waals surface area contributed by atoms with Crippen LogP contribution in [0.5, 0.6) is 0 Å². The van der Waals surface area contributed by atoms with Crippen LogP contribution in [0.3, 0.4) is 0 Å². The number of nitrogens with zero attached hydrogens (tertiary/aromatic N) is 2. The summed E-state index contributed by atoms with van der Waals surface area (Å²) >= 11 is 0. The Labute approximate surface area is 146 Å². The molecule has 0 radical (unpaired) electrons. The molecule has 1 saturated carbocycles. The highest BCUT2D eigenvalue weighted by molar-refractivity contribution is 5.82. The zero-order chi connectivity index (χ0) is 18.0. The standard InChI is InChI=1S/C19H25F3N2O/c1-23-10-7-14(8-11-23)9-12-24(18(25)19(20,21)22)17-13-16(17)15-5-3-2-4-6-15/h2-6,14,16-17H,7-13H2,1H3. The Kier molecular flexibility index (Phi) is 5.37. The molecule has 1 aliphatic carbocycles. The Bertz CT molecular complexity index is 582. The predicted molar refractivity (Wildman–Crippen MR) is 90.2 cm³/mol. The van der Waals surface area contributed by atoms with Crippen LogP contribution in [0, 0.1) is 5.92 Å². The van der Waals surface area contributed by atoms with E-state index in [2.05, 4.69) is 11.9 Å². The van der Waals surface area contributed by atoms with Gasteiger partial charge in [0.2, 0.25) is 0 Å². The lowest BCUT2D eigenvalue weighted by Gasteiger charge is -2.31. The molecular weight excluding hydrogens is 329 g/mol. The molecule has 1 saturated heterocycles. The maximum atomic E-state index is 13.0. The van der Waals surface area contributed by atoms with Gasteiger partial charge in [-0.3, -0.25) is 4.79 Å². The number of halogens is 3. The lowest BCUT2D eigenvalue weighted by Crippen LogP contribution is -2.44. The van der Waals surface area contributed by atoms with Crippen molar-refractivity contribution in [3.05, 3.63) is 35.9 Å². The van der Waals surface area contributed by atoms with Gasteiger partial charge in [0.05, 0.1) is 0 Å². The molecule has 1 aliphatic heterocycles. The number of alkyl halides is 3. The summed E-state index contributed by atoms with van der Waals surface area (Å²) in [5.41, 5.74) is 1.02. The minimum atomic E-state index is -4.80. The normalized spacial score (nSPS) is 25.0. The number of hydrogen-bond donors (Lipinski definition) is 0. The van der Waals surface area contributed by atoms with Crippen molar-refractivity contribution in [1.82, 2.24) is 9.80 Å². The largest absolute Gasteiger partial charge is 0.471 e. The van der Waals surface area contributed by atoms with E-state index in [1.54, 1.807) is 0 Å². The monoisotopic (exact) mass is 354 g/mol. The van der Waals surface area contributed by atoms with E-state index in [-0.39, 0.29) is 18.5 Å². The Morgan fingerprint density at radius 1 is 1.20 bits per heavy atom. The van der Waals surface area contributed by atoms with Gasteiger partial charge in [-0.15, -0.1) is 0 Å². The summed E-state index contributed by atoms with van der Waals surface area (Å²) in [6, 6.07) is 9.20. The van der Waals surface area contributed by atoms with Crippen molar-refractivity contribution in [1.29, 1.82) is 0 Å². The maximum absolute atomic E-state index is 13.0. The van der Waals surface area contributed by atoms with E-state index in [0.29, 0.717) is 18.8 Å². The second-order valence-corrected chi connectivity index (χ2v) is 7.35. The van der Waals surface area contributed by atoms with Crippen LogP contribution in [0.4, 0.5) is 13.2 Å². The third kappa shape index (κ3) is 4.54. The van der Waals surface area contributed by atoms with Crippen molar-refractivity contribution in [2.24, 2.45) is 5.92 Å².